The number of benzene rings is 1. The molecule has 0 aliphatic carbocycles. The van der Waals surface area contributed by atoms with Crippen LogP contribution >= 0.6 is 0 Å². The summed E-state index contributed by atoms with van der Waals surface area (Å²) in [5.41, 5.74) is 2.21. The number of para-hydroxylation sites is 1. The monoisotopic (exact) mass is 412 g/mol. The van der Waals surface area contributed by atoms with Crippen LogP contribution in [0, 0.1) is 10.1 Å². The molecule has 0 bridgehead atoms. The zero-order valence-corrected chi connectivity index (χ0v) is 16.1. The van der Waals surface area contributed by atoms with Crippen LogP contribution in [0.4, 0.5) is 16.2 Å². The normalized spacial score (nSPS) is 11.2. The van der Waals surface area contributed by atoms with Crippen LogP contribution in [0.5, 0.6) is 0 Å². The Kier molecular flexibility index (Phi) is 5.57. The van der Waals surface area contributed by atoms with Gasteiger partial charge in [0.25, 0.3) is 0 Å². The van der Waals surface area contributed by atoms with E-state index in [4.69, 9.17) is 0 Å². The minimum Gasteiger partial charge on any atom is -0.310 e. The van der Waals surface area contributed by atoms with Gasteiger partial charge in [-0.15, -0.1) is 0 Å². The number of urea groups is 1. The maximum Gasteiger partial charge on any atom is 0.346 e. The van der Waals surface area contributed by atoms with Gasteiger partial charge >= 0.3 is 11.7 Å². The van der Waals surface area contributed by atoms with Crippen molar-refractivity contribution in [3.63, 3.8) is 0 Å². The van der Waals surface area contributed by atoms with Gasteiger partial charge in [-0.2, -0.15) is 4.99 Å². The lowest BCUT2D eigenvalue weighted by Crippen LogP contribution is -2.18. The molecular weight excluding hydrogens is 396 g/mol. The highest BCUT2D eigenvalue weighted by molar-refractivity contribution is 5.90. The zero-order valence-electron chi connectivity index (χ0n) is 16.1. The van der Waals surface area contributed by atoms with E-state index in [0.29, 0.717) is 16.9 Å². The average molecular weight is 412 g/mol. The summed E-state index contributed by atoms with van der Waals surface area (Å²) in [6.07, 6.45) is 7.67. The highest BCUT2D eigenvalue weighted by Crippen LogP contribution is 2.23. The van der Waals surface area contributed by atoms with Gasteiger partial charge < -0.3 is 9.88 Å². The van der Waals surface area contributed by atoms with Crippen LogP contribution in [0.3, 0.4) is 0 Å². The summed E-state index contributed by atoms with van der Waals surface area (Å²) in [5, 5.41) is 14.3. The van der Waals surface area contributed by atoms with Crippen molar-refractivity contribution in [3.8, 4) is 16.9 Å². The first-order valence-electron chi connectivity index (χ1n) is 9.24. The van der Waals surface area contributed by atoms with Gasteiger partial charge in [0.1, 0.15) is 0 Å². The van der Waals surface area contributed by atoms with Crippen LogP contribution < -0.4 is 10.7 Å². The maximum atomic E-state index is 12.4. The Morgan fingerprint density at radius 1 is 1.00 bits per heavy atom. The summed E-state index contributed by atoms with van der Waals surface area (Å²) in [6.45, 7) is 0. The molecule has 0 spiro atoms. The molecule has 0 radical (unpaired) electrons. The average Bonchev–Trinajstić information content (AvgIpc) is 2.80. The number of rotatable bonds is 4. The van der Waals surface area contributed by atoms with E-state index in [2.05, 4.69) is 20.3 Å². The second-order valence-corrected chi connectivity index (χ2v) is 6.41. The molecule has 0 unspecified atom stereocenters. The number of nitro groups is 1. The van der Waals surface area contributed by atoms with Crippen LogP contribution in [0.1, 0.15) is 0 Å². The van der Waals surface area contributed by atoms with Crippen LogP contribution in [0.25, 0.3) is 16.9 Å². The van der Waals surface area contributed by atoms with E-state index in [1.165, 1.54) is 24.7 Å². The molecule has 0 atom stereocenters. The third-order valence-electron chi connectivity index (χ3n) is 4.39. The van der Waals surface area contributed by atoms with Crippen molar-refractivity contribution < 1.29 is 9.72 Å². The molecular formula is C22H16N6O3. The number of aromatic nitrogens is 3. The molecule has 2 amide bonds. The molecule has 0 aliphatic rings. The molecule has 31 heavy (non-hydrogen) atoms. The number of pyridine rings is 3. The van der Waals surface area contributed by atoms with E-state index in [1.54, 1.807) is 35.2 Å². The first-order valence-corrected chi connectivity index (χ1v) is 9.24. The fourth-order valence-corrected chi connectivity index (χ4v) is 3.00. The van der Waals surface area contributed by atoms with E-state index in [9.17, 15) is 14.9 Å². The zero-order chi connectivity index (χ0) is 21.6. The largest absolute Gasteiger partial charge is 0.346 e. The van der Waals surface area contributed by atoms with Crippen molar-refractivity contribution in [1.82, 2.24) is 14.5 Å². The van der Waals surface area contributed by atoms with Crippen molar-refractivity contribution in [3.05, 3.63) is 107 Å². The van der Waals surface area contributed by atoms with Gasteiger partial charge in [0.05, 0.1) is 16.8 Å². The number of hydrogen-bond acceptors (Lipinski definition) is 5. The minimum absolute atomic E-state index is 0.0670. The van der Waals surface area contributed by atoms with Crippen LogP contribution in [0.15, 0.2) is 96.6 Å². The topological polar surface area (TPSA) is 115 Å². The van der Waals surface area contributed by atoms with Gasteiger partial charge in [-0.1, -0.05) is 18.2 Å². The Bertz CT molecular complexity index is 1290. The van der Waals surface area contributed by atoms with Crippen molar-refractivity contribution in [2.24, 2.45) is 4.99 Å². The van der Waals surface area contributed by atoms with Crippen molar-refractivity contribution in [2.75, 3.05) is 5.32 Å². The molecule has 1 N–H and O–H groups in total. The Labute approximate surface area is 176 Å². The quantitative estimate of drug-likeness (QED) is 0.402. The summed E-state index contributed by atoms with van der Waals surface area (Å²) < 4.78 is 1.68. The minimum atomic E-state index is -0.733. The second-order valence-electron chi connectivity index (χ2n) is 6.41. The van der Waals surface area contributed by atoms with Gasteiger partial charge in [-0.25, -0.2) is 4.79 Å². The highest BCUT2D eigenvalue weighted by atomic mass is 16.6. The van der Waals surface area contributed by atoms with E-state index in [-0.39, 0.29) is 11.0 Å². The van der Waals surface area contributed by atoms with Crippen molar-refractivity contribution in [2.45, 2.75) is 0 Å². The fraction of sp³-hybridized carbons (Fsp3) is 0. The summed E-state index contributed by atoms with van der Waals surface area (Å²) in [6, 6.07) is 16.7. The summed E-state index contributed by atoms with van der Waals surface area (Å²) in [7, 11) is 0. The number of hydrogen-bond donors (Lipinski definition) is 1. The number of carbonyl (C=O) groups is 1. The van der Waals surface area contributed by atoms with Gasteiger partial charge in [0.15, 0.2) is 5.36 Å². The third kappa shape index (κ3) is 4.51. The van der Waals surface area contributed by atoms with E-state index in [0.717, 1.165) is 5.69 Å². The predicted octanol–water partition coefficient (Wildman–Crippen LogP) is 3.98. The Morgan fingerprint density at radius 3 is 2.45 bits per heavy atom. The molecule has 9 heteroatoms. The third-order valence-corrected chi connectivity index (χ3v) is 4.39. The van der Waals surface area contributed by atoms with Gasteiger partial charge in [0, 0.05) is 41.7 Å². The molecule has 0 saturated heterocycles. The predicted molar refractivity (Wildman–Crippen MR) is 114 cm³/mol. The lowest BCUT2D eigenvalue weighted by molar-refractivity contribution is -0.386. The van der Waals surface area contributed by atoms with Gasteiger partial charge in [0.2, 0.25) is 0 Å². The van der Waals surface area contributed by atoms with Gasteiger partial charge in [-0.3, -0.25) is 20.1 Å². The standard InChI is InChI=1S/C22H16N6O3/c29-22(25-17-8-11-23-12-9-17)26-19-13-20(16-5-4-10-24-14-16)27(15-21(19)28(30)31)18-6-2-1-3-7-18/h1-15H,(H,23,25,29). The molecule has 152 valence electrons. The SMILES string of the molecule is O=C(N=c1cc(-c2cccnc2)n(-c2ccccc2)cc1[N+](=O)[O-])Nc1ccncc1. The van der Waals surface area contributed by atoms with Gasteiger partial charge in [-0.05, 0) is 42.5 Å². The molecule has 9 nitrogen and oxygen atoms in total. The van der Waals surface area contributed by atoms with Crippen molar-refractivity contribution >= 4 is 17.4 Å². The molecule has 0 aliphatic heterocycles. The molecule has 3 heterocycles. The molecule has 0 saturated carbocycles. The van der Waals surface area contributed by atoms with Crippen LogP contribution in [-0.4, -0.2) is 25.5 Å². The summed E-state index contributed by atoms with van der Waals surface area (Å²) >= 11 is 0. The molecule has 1 aromatic carbocycles. The van der Waals surface area contributed by atoms with Crippen LogP contribution in [-0.2, 0) is 0 Å². The van der Waals surface area contributed by atoms with E-state index in [1.807, 2.05) is 36.4 Å². The number of nitrogens with zero attached hydrogens (tertiary/aromatic N) is 5. The summed E-state index contributed by atoms with van der Waals surface area (Å²) in [4.78, 5) is 35.6. The fourth-order valence-electron chi connectivity index (χ4n) is 3.00. The molecule has 4 rings (SSSR count). The van der Waals surface area contributed by atoms with Crippen LogP contribution in [0.2, 0.25) is 0 Å². The lowest BCUT2D eigenvalue weighted by atomic mass is 10.1. The smallest absolute Gasteiger partial charge is 0.310 e. The first kappa shape index (κ1) is 19.6. The number of anilines is 1. The number of amides is 2. The van der Waals surface area contributed by atoms with E-state index >= 15 is 0 Å². The maximum absolute atomic E-state index is 12.4. The molecule has 3 aromatic heterocycles. The number of nitrogens with one attached hydrogen (secondary N) is 1. The Balaban J connectivity index is 1.89. The highest BCUT2D eigenvalue weighted by Gasteiger charge is 2.17. The summed E-state index contributed by atoms with van der Waals surface area (Å²) in [5.74, 6) is 0. The second kappa shape index (κ2) is 8.78. The molecule has 0 fully saturated rings. The first-order chi connectivity index (χ1) is 15.1. The molecule has 4 aromatic rings. The number of carbonyl (C=O) groups excluding carboxylic acids is 1. The Hall–Kier alpha value is -4.66. The Morgan fingerprint density at radius 2 is 1.77 bits per heavy atom. The van der Waals surface area contributed by atoms with Crippen molar-refractivity contribution in [1.29, 1.82) is 0 Å². The lowest BCUT2D eigenvalue weighted by Gasteiger charge is -2.14. The van der Waals surface area contributed by atoms with E-state index < -0.39 is 11.0 Å².